The molecule has 1 amide bonds. The van der Waals surface area contributed by atoms with Crippen LogP contribution in [0.25, 0.3) is 0 Å². The Morgan fingerprint density at radius 1 is 1.26 bits per heavy atom. The summed E-state index contributed by atoms with van der Waals surface area (Å²) in [5.74, 6) is 0.613. The van der Waals surface area contributed by atoms with E-state index >= 15 is 0 Å². The number of aromatic amines is 1. The van der Waals surface area contributed by atoms with Crippen LogP contribution in [0.2, 0.25) is 0 Å². The molecule has 1 saturated carbocycles. The van der Waals surface area contributed by atoms with Crippen LogP contribution < -0.4 is 4.90 Å². The van der Waals surface area contributed by atoms with Gasteiger partial charge in [-0.3, -0.25) is 9.89 Å². The highest BCUT2D eigenvalue weighted by molar-refractivity contribution is 7.09. The monoisotopic (exact) mass is 323 g/mol. The second-order valence-corrected chi connectivity index (χ2v) is 6.85. The molecule has 2 atom stereocenters. The minimum absolute atomic E-state index is 0.0762. The standard InChI is InChI=1S/C18H17N3OS/c22-18(17-9-16(17)13-5-2-1-3-6-13)21(14-10-19-20-11-14)12-15-7-4-8-23-15/h1-8,10-11,16-17H,9,12H2,(H,19,20)/t16-,17+/m1/s1. The van der Waals surface area contributed by atoms with Crippen molar-refractivity contribution in [1.29, 1.82) is 0 Å². The first kappa shape index (κ1) is 14.2. The molecule has 3 aromatic rings. The number of anilines is 1. The molecule has 0 aliphatic heterocycles. The number of nitrogens with zero attached hydrogens (tertiary/aromatic N) is 2. The van der Waals surface area contributed by atoms with Gasteiger partial charge in [0.1, 0.15) is 0 Å². The second kappa shape index (κ2) is 6.01. The zero-order chi connectivity index (χ0) is 15.6. The number of nitrogens with one attached hydrogen (secondary N) is 1. The predicted molar refractivity (Wildman–Crippen MR) is 91.4 cm³/mol. The molecule has 1 aliphatic carbocycles. The van der Waals surface area contributed by atoms with Crippen LogP contribution in [0.15, 0.2) is 60.2 Å². The Balaban J connectivity index is 1.54. The third-order valence-corrected chi connectivity index (χ3v) is 5.15. The van der Waals surface area contributed by atoms with Crippen LogP contribution in [0.4, 0.5) is 5.69 Å². The van der Waals surface area contributed by atoms with E-state index in [9.17, 15) is 4.79 Å². The van der Waals surface area contributed by atoms with Gasteiger partial charge in [-0.15, -0.1) is 11.3 Å². The average Bonchev–Trinajstić information content (AvgIpc) is 2.98. The number of hydrogen-bond donors (Lipinski definition) is 1. The summed E-state index contributed by atoms with van der Waals surface area (Å²) >= 11 is 1.67. The Morgan fingerprint density at radius 2 is 2.13 bits per heavy atom. The molecule has 2 aromatic heterocycles. The first-order valence-electron chi connectivity index (χ1n) is 7.70. The Hall–Kier alpha value is -2.40. The van der Waals surface area contributed by atoms with Crippen molar-refractivity contribution in [2.45, 2.75) is 18.9 Å². The zero-order valence-corrected chi connectivity index (χ0v) is 13.4. The molecule has 1 N–H and O–H groups in total. The van der Waals surface area contributed by atoms with Gasteiger partial charge < -0.3 is 4.90 Å². The lowest BCUT2D eigenvalue weighted by Crippen LogP contribution is -2.31. The van der Waals surface area contributed by atoms with Gasteiger partial charge in [0.05, 0.1) is 18.4 Å². The van der Waals surface area contributed by atoms with Crippen molar-refractivity contribution in [1.82, 2.24) is 10.2 Å². The van der Waals surface area contributed by atoms with Gasteiger partial charge in [0, 0.05) is 17.0 Å². The van der Waals surface area contributed by atoms with E-state index in [1.165, 1.54) is 10.4 Å². The minimum Gasteiger partial charge on any atom is -0.304 e. The first-order chi connectivity index (χ1) is 11.3. The molecule has 0 spiro atoms. The number of carbonyl (C=O) groups excluding carboxylic acids is 1. The molecular formula is C18H17N3OS. The normalized spacial score (nSPS) is 19.5. The Bertz CT molecular complexity index is 768. The van der Waals surface area contributed by atoms with Crippen molar-refractivity contribution in [3.05, 3.63) is 70.7 Å². The van der Waals surface area contributed by atoms with Crippen LogP contribution in [0.5, 0.6) is 0 Å². The fourth-order valence-electron chi connectivity index (χ4n) is 2.98. The van der Waals surface area contributed by atoms with E-state index in [-0.39, 0.29) is 11.8 Å². The maximum atomic E-state index is 13.0. The lowest BCUT2D eigenvalue weighted by Gasteiger charge is -2.20. The van der Waals surface area contributed by atoms with E-state index in [1.54, 1.807) is 23.7 Å². The highest BCUT2D eigenvalue weighted by Gasteiger charge is 2.46. The summed E-state index contributed by atoms with van der Waals surface area (Å²) < 4.78 is 0. The molecule has 116 valence electrons. The number of aromatic nitrogens is 2. The molecule has 1 aromatic carbocycles. The van der Waals surface area contributed by atoms with Gasteiger partial charge in [0.25, 0.3) is 0 Å². The smallest absolute Gasteiger partial charge is 0.231 e. The fraction of sp³-hybridized carbons (Fsp3) is 0.222. The number of hydrogen-bond acceptors (Lipinski definition) is 3. The summed E-state index contributed by atoms with van der Waals surface area (Å²) in [7, 11) is 0. The van der Waals surface area contributed by atoms with Crippen LogP contribution >= 0.6 is 11.3 Å². The summed E-state index contributed by atoms with van der Waals surface area (Å²) in [4.78, 5) is 16.0. The lowest BCUT2D eigenvalue weighted by molar-refractivity contribution is -0.120. The first-order valence-corrected chi connectivity index (χ1v) is 8.58. The number of H-pyrrole nitrogens is 1. The van der Waals surface area contributed by atoms with E-state index in [1.807, 2.05) is 34.5 Å². The minimum atomic E-state index is 0.0762. The quantitative estimate of drug-likeness (QED) is 0.776. The van der Waals surface area contributed by atoms with Crippen LogP contribution in [0.3, 0.4) is 0 Å². The fourth-order valence-corrected chi connectivity index (χ4v) is 3.68. The lowest BCUT2D eigenvalue weighted by atomic mass is 10.1. The molecule has 1 aliphatic rings. The summed E-state index contributed by atoms with van der Waals surface area (Å²) in [5, 5.41) is 8.84. The number of thiophene rings is 1. The van der Waals surface area contributed by atoms with Gasteiger partial charge in [0.2, 0.25) is 5.91 Å². The Kier molecular flexibility index (Phi) is 3.71. The topological polar surface area (TPSA) is 49.0 Å². The average molecular weight is 323 g/mol. The van der Waals surface area contributed by atoms with Crippen LogP contribution in [0.1, 0.15) is 22.8 Å². The van der Waals surface area contributed by atoms with E-state index in [2.05, 4.69) is 28.4 Å². The number of rotatable bonds is 5. The van der Waals surface area contributed by atoms with Gasteiger partial charge in [-0.05, 0) is 29.3 Å². The van der Waals surface area contributed by atoms with Crippen LogP contribution in [0, 0.1) is 5.92 Å². The highest BCUT2D eigenvalue weighted by Crippen LogP contribution is 2.49. The molecule has 1 fully saturated rings. The van der Waals surface area contributed by atoms with Crippen molar-refractivity contribution >= 4 is 22.9 Å². The van der Waals surface area contributed by atoms with Crippen LogP contribution in [-0.4, -0.2) is 16.1 Å². The predicted octanol–water partition coefficient (Wildman–Crippen LogP) is 3.81. The maximum absolute atomic E-state index is 13.0. The van der Waals surface area contributed by atoms with Gasteiger partial charge in [0.15, 0.2) is 0 Å². The molecule has 0 bridgehead atoms. The molecule has 5 heteroatoms. The summed E-state index contributed by atoms with van der Waals surface area (Å²) in [5.41, 5.74) is 2.09. The molecule has 4 rings (SSSR count). The van der Waals surface area contributed by atoms with E-state index in [4.69, 9.17) is 0 Å². The van der Waals surface area contributed by atoms with Crippen molar-refractivity contribution in [3.8, 4) is 0 Å². The molecule has 23 heavy (non-hydrogen) atoms. The molecule has 0 unspecified atom stereocenters. The van der Waals surface area contributed by atoms with E-state index < -0.39 is 0 Å². The van der Waals surface area contributed by atoms with Crippen molar-refractivity contribution in [2.75, 3.05) is 4.90 Å². The number of amides is 1. The molecule has 0 radical (unpaired) electrons. The van der Waals surface area contributed by atoms with Gasteiger partial charge >= 0.3 is 0 Å². The number of benzene rings is 1. The van der Waals surface area contributed by atoms with Crippen molar-refractivity contribution < 1.29 is 4.79 Å². The van der Waals surface area contributed by atoms with Crippen molar-refractivity contribution in [2.24, 2.45) is 5.92 Å². The molecule has 0 saturated heterocycles. The van der Waals surface area contributed by atoms with Gasteiger partial charge in [-0.1, -0.05) is 36.4 Å². The third kappa shape index (κ3) is 2.92. The SMILES string of the molecule is O=C([C@H]1C[C@@H]1c1ccccc1)N(Cc1cccs1)c1cn[nH]c1. The molecule has 4 nitrogen and oxygen atoms in total. The third-order valence-electron chi connectivity index (χ3n) is 4.29. The largest absolute Gasteiger partial charge is 0.304 e. The van der Waals surface area contributed by atoms with Gasteiger partial charge in [-0.2, -0.15) is 5.10 Å². The maximum Gasteiger partial charge on any atom is 0.231 e. The summed E-state index contributed by atoms with van der Waals surface area (Å²) in [6.07, 6.45) is 4.43. The van der Waals surface area contributed by atoms with Crippen molar-refractivity contribution in [3.63, 3.8) is 0 Å². The van der Waals surface area contributed by atoms with E-state index in [0.717, 1.165) is 12.1 Å². The zero-order valence-electron chi connectivity index (χ0n) is 12.6. The summed E-state index contributed by atoms with van der Waals surface area (Å²) in [6, 6.07) is 14.4. The number of carbonyl (C=O) groups is 1. The van der Waals surface area contributed by atoms with Gasteiger partial charge in [-0.25, -0.2) is 0 Å². The highest BCUT2D eigenvalue weighted by atomic mass is 32.1. The molecular weight excluding hydrogens is 306 g/mol. The summed E-state index contributed by atoms with van der Waals surface area (Å²) in [6.45, 7) is 0.605. The van der Waals surface area contributed by atoms with Crippen LogP contribution in [-0.2, 0) is 11.3 Å². The Labute approximate surface area is 138 Å². The molecule has 2 heterocycles. The van der Waals surface area contributed by atoms with E-state index in [0.29, 0.717) is 12.5 Å². The Morgan fingerprint density at radius 3 is 2.83 bits per heavy atom. The second-order valence-electron chi connectivity index (χ2n) is 5.82.